The van der Waals surface area contributed by atoms with E-state index in [2.05, 4.69) is 33.2 Å². The van der Waals surface area contributed by atoms with Gasteiger partial charge in [0, 0.05) is 32.7 Å². The molecule has 2 nitrogen and oxygen atoms in total. The van der Waals surface area contributed by atoms with Crippen molar-refractivity contribution in [3.63, 3.8) is 0 Å². The molecule has 0 aliphatic carbocycles. The summed E-state index contributed by atoms with van der Waals surface area (Å²) < 4.78 is 0.981. The van der Waals surface area contributed by atoms with E-state index in [1.807, 2.05) is 24.4 Å². The molecule has 0 spiro atoms. The molecule has 0 unspecified atom stereocenters. The average molecular weight is 332 g/mol. The predicted molar refractivity (Wildman–Crippen MR) is 77.6 cm³/mol. The van der Waals surface area contributed by atoms with E-state index in [0.29, 0.717) is 0 Å². The fourth-order valence-electron chi connectivity index (χ4n) is 1.42. The Hall–Kier alpha value is -0.420. The molecule has 2 aromatic rings. The molecule has 0 bridgehead atoms. The summed E-state index contributed by atoms with van der Waals surface area (Å²) in [5, 5.41) is 5.03. The Morgan fingerprint density at radius 1 is 1.47 bits per heavy atom. The monoisotopic (exact) mass is 330 g/mol. The second-order valence-corrected chi connectivity index (χ2v) is 5.94. The van der Waals surface area contributed by atoms with Gasteiger partial charge < -0.3 is 5.32 Å². The molecule has 1 aromatic heterocycles. The topological polar surface area (TPSA) is 24.9 Å². The van der Waals surface area contributed by atoms with Gasteiger partial charge in [0.2, 0.25) is 0 Å². The van der Waals surface area contributed by atoms with Crippen LogP contribution in [0.25, 0.3) is 10.6 Å². The average Bonchev–Trinajstić information content (AvgIpc) is 2.75. The predicted octanol–water partition coefficient (Wildman–Crippen LogP) is 4.34. The summed E-state index contributed by atoms with van der Waals surface area (Å²) in [6.45, 7) is 3.94. The molecule has 0 radical (unpaired) electrons. The maximum absolute atomic E-state index is 5.92. The number of nitrogens with zero attached hydrogens (tertiary/aromatic N) is 1. The van der Waals surface area contributed by atoms with Gasteiger partial charge in [0.05, 0.1) is 0 Å². The van der Waals surface area contributed by atoms with Gasteiger partial charge in [-0.3, -0.25) is 0 Å². The number of thiazole rings is 1. The van der Waals surface area contributed by atoms with Crippen LogP contribution in [0.15, 0.2) is 28.9 Å². The van der Waals surface area contributed by atoms with E-state index in [4.69, 9.17) is 11.6 Å². The normalized spacial score (nSPS) is 10.8. The highest BCUT2D eigenvalue weighted by molar-refractivity contribution is 9.10. The molecule has 90 valence electrons. The molecule has 0 aliphatic rings. The number of halogens is 2. The van der Waals surface area contributed by atoms with Crippen LogP contribution in [-0.2, 0) is 6.54 Å². The zero-order valence-electron chi connectivity index (χ0n) is 9.34. The van der Waals surface area contributed by atoms with Crippen LogP contribution >= 0.6 is 38.9 Å². The zero-order chi connectivity index (χ0) is 12.3. The van der Waals surface area contributed by atoms with Crippen LogP contribution in [0.2, 0.25) is 5.02 Å². The van der Waals surface area contributed by atoms with Crippen LogP contribution < -0.4 is 5.32 Å². The summed E-state index contributed by atoms with van der Waals surface area (Å²) in [6.07, 6.45) is 1.92. The summed E-state index contributed by atoms with van der Waals surface area (Å²) in [7, 11) is 0. The van der Waals surface area contributed by atoms with Crippen molar-refractivity contribution in [2.24, 2.45) is 0 Å². The second kappa shape index (κ2) is 5.96. The number of hydrogen-bond donors (Lipinski definition) is 1. The van der Waals surface area contributed by atoms with Gasteiger partial charge in [-0.25, -0.2) is 4.98 Å². The molecule has 1 N–H and O–H groups in total. The molecule has 17 heavy (non-hydrogen) atoms. The van der Waals surface area contributed by atoms with Gasteiger partial charge in [0.1, 0.15) is 5.01 Å². The Morgan fingerprint density at radius 2 is 2.29 bits per heavy atom. The highest BCUT2D eigenvalue weighted by Gasteiger charge is 2.08. The van der Waals surface area contributed by atoms with Gasteiger partial charge in [-0.1, -0.05) is 34.5 Å². The van der Waals surface area contributed by atoms with E-state index < -0.39 is 0 Å². The molecule has 0 saturated carbocycles. The fourth-order valence-corrected chi connectivity index (χ4v) is 3.35. The lowest BCUT2D eigenvalue weighted by Gasteiger charge is -2.00. The molecule has 0 atom stereocenters. The highest BCUT2D eigenvalue weighted by atomic mass is 79.9. The van der Waals surface area contributed by atoms with Crippen LogP contribution in [0.5, 0.6) is 0 Å². The van der Waals surface area contributed by atoms with Crippen LogP contribution in [0.1, 0.15) is 11.8 Å². The Bertz CT molecular complexity index is 513. The van der Waals surface area contributed by atoms with Crippen molar-refractivity contribution in [3.05, 3.63) is 38.8 Å². The van der Waals surface area contributed by atoms with Gasteiger partial charge in [-0.05, 0) is 24.7 Å². The number of hydrogen-bond acceptors (Lipinski definition) is 3. The summed E-state index contributed by atoms with van der Waals surface area (Å²) in [5.74, 6) is 0. The summed E-state index contributed by atoms with van der Waals surface area (Å²) >= 11 is 11.1. The number of nitrogens with one attached hydrogen (secondary N) is 1. The zero-order valence-corrected chi connectivity index (χ0v) is 12.5. The van der Waals surface area contributed by atoms with Gasteiger partial charge in [0.15, 0.2) is 0 Å². The molecule has 1 heterocycles. The lowest BCUT2D eigenvalue weighted by Crippen LogP contribution is -2.10. The van der Waals surface area contributed by atoms with Crippen molar-refractivity contribution < 1.29 is 0 Å². The van der Waals surface area contributed by atoms with Gasteiger partial charge in [0.25, 0.3) is 0 Å². The smallest absolute Gasteiger partial charge is 0.124 e. The Kier molecular flexibility index (Phi) is 4.56. The fraction of sp³-hybridized carbons (Fsp3) is 0.250. The maximum atomic E-state index is 5.92. The highest BCUT2D eigenvalue weighted by Crippen LogP contribution is 2.33. The first-order chi connectivity index (χ1) is 8.20. The third-order valence-corrected chi connectivity index (χ3v) is 4.19. The van der Waals surface area contributed by atoms with Crippen LogP contribution in [0.3, 0.4) is 0 Å². The number of benzene rings is 1. The molecule has 5 heteroatoms. The van der Waals surface area contributed by atoms with Gasteiger partial charge in [-0.15, -0.1) is 11.3 Å². The van der Waals surface area contributed by atoms with Crippen molar-refractivity contribution in [3.8, 4) is 10.6 Å². The third-order valence-electron chi connectivity index (χ3n) is 2.26. The Balaban J connectivity index is 2.24. The van der Waals surface area contributed by atoms with Crippen molar-refractivity contribution in [1.82, 2.24) is 10.3 Å². The minimum Gasteiger partial charge on any atom is -0.312 e. The first-order valence-electron chi connectivity index (χ1n) is 5.31. The quantitative estimate of drug-likeness (QED) is 0.901. The van der Waals surface area contributed by atoms with Gasteiger partial charge in [-0.2, -0.15) is 0 Å². The SMILES string of the molecule is CCNCc1cnc(-c2ccc(Cl)cc2Br)s1. The van der Waals surface area contributed by atoms with E-state index in [-0.39, 0.29) is 0 Å². The van der Waals surface area contributed by atoms with Gasteiger partial charge >= 0.3 is 0 Å². The van der Waals surface area contributed by atoms with Crippen molar-refractivity contribution in [2.75, 3.05) is 6.54 Å². The molecule has 1 aromatic carbocycles. The summed E-state index contributed by atoms with van der Waals surface area (Å²) in [4.78, 5) is 5.67. The van der Waals surface area contributed by atoms with Crippen LogP contribution in [0, 0.1) is 0 Å². The molecule has 2 rings (SSSR count). The largest absolute Gasteiger partial charge is 0.312 e. The third kappa shape index (κ3) is 3.28. The van der Waals surface area contributed by atoms with Crippen molar-refractivity contribution in [2.45, 2.75) is 13.5 Å². The molecule has 0 aliphatic heterocycles. The lowest BCUT2D eigenvalue weighted by molar-refractivity contribution is 0.734. The lowest BCUT2D eigenvalue weighted by atomic mass is 10.2. The number of aromatic nitrogens is 1. The van der Waals surface area contributed by atoms with Crippen LogP contribution in [-0.4, -0.2) is 11.5 Å². The summed E-state index contributed by atoms with van der Waals surface area (Å²) in [6, 6.07) is 5.76. The Labute approximate surface area is 118 Å². The van der Waals surface area contributed by atoms with E-state index in [0.717, 1.165) is 33.2 Å². The molecule has 0 amide bonds. The maximum Gasteiger partial charge on any atom is 0.124 e. The minimum absolute atomic E-state index is 0.727. The molecule has 0 fully saturated rings. The van der Waals surface area contributed by atoms with Crippen LogP contribution in [0.4, 0.5) is 0 Å². The molecular formula is C12H12BrClN2S. The second-order valence-electron chi connectivity index (χ2n) is 3.54. The van der Waals surface area contributed by atoms with E-state index >= 15 is 0 Å². The molecule has 0 saturated heterocycles. The van der Waals surface area contributed by atoms with E-state index in [9.17, 15) is 0 Å². The number of rotatable bonds is 4. The van der Waals surface area contributed by atoms with E-state index in [1.54, 1.807) is 11.3 Å². The first kappa shape index (κ1) is 13.0. The van der Waals surface area contributed by atoms with Crippen molar-refractivity contribution in [1.29, 1.82) is 0 Å². The van der Waals surface area contributed by atoms with Crippen molar-refractivity contribution >= 4 is 38.9 Å². The summed E-state index contributed by atoms with van der Waals surface area (Å²) in [5.41, 5.74) is 1.09. The molecular weight excluding hydrogens is 320 g/mol. The Morgan fingerprint density at radius 3 is 3.00 bits per heavy atom. The van der Waals surface area contributed by atoms with E-state index in [1.165, 1.54) is 4.88 Å². The standard InChI is InChI=1S/C12H12BrClN2S/c1-2-15-6-9-7-16-12(17-9)10-4-3-8(14)5-11(10)13/h3-5,7,15H,2,6H2,1H3. The first-order valence-corrected chi connectivity index (χ1v) is 7.30. The minimum atomic E-state index is 0.727.